The van der Waals surface area contributed by atoms with E-state index < -0.39 is 0 Å². The van der Waals surface area contributed by atoms with Gasteiger partial charge < -0.3 is 10.2 Å². The molecule has 0 aromatic carbocycles. The van der Waals surface area contributed by atoms with Gasteiger partial charge in [0.05, 0.1) is 0 Å². The fourth-order valence-electron chi connectivity index (χ4n) is 2.71. The van der Waals surface area contributed by atoms with Crippen molar-refractivity contribution in [1.82, 2.24) is 9.97 Å². The summed E-state index contributed by atoms with van der Waals surface area (Å²) in [5, 5.41) is 3.15. The van der Waals surface area contributed by atoms with Gasteiger partial charge >= 0.3 is 0 Å². The second-order valence-electron chi connectivity index (χ2n) is 4.68. The highest BCUT2D eigenvalue weighted by Gasteiger charge is 2.23. The predicted octanol–water partition coefficient (Wildman–Crippen LogP) is 2.46. The topological polar surface area (TPSA) is 41.1 Å². The maximum absolute atomic E-state index is 4.48. The Morgan fingerprint density at radius 3 is 2.65 bits per heavy atom. The lowest BCUT2D eigenvalue weighted by Gasteiger charge is -2.27. The van der Waals surface area contributed by atoms with Crippen molar-refractivity contribution < 1.29 is 0 Å². The van der Waals surface area contributed by atoms with Crippen molar-refractivity contribution in [3.8, 4) is 0 Å². The zero-order valence-corrected chi connectivity index (χ0v) is 11.0. The Labute approximate surface area is 103 Å². The van der Waals surface area contributed by atoms with E-state index in [9.17, 15) is 0 Å². The van der Waals surface area contributed by atoms with Gasteiger partial charge in [-0.15, -0.1) is 0 Å². The molecule has 1 aliphatic rings. The number of hydrogen-bond donors (Lipinski definition) is 1. The van der Waals surface area contributed by atoms with Gasteiger partial charge in [-0.2, -0.15) is 0 Å². The quantitative estimate of drug-likeness (QED) is 0.869. The van der Waals surface area contributed by atoms with Crippen LogP contribution in [0, 0.1) is 0 Å². The Bertz CT molecular complexity index is 372. The van der Waals surface area contributed by atoms with E-state index in [4.69, 9.17) is 0 Å². The van der Waals surface area contributed by atoms with Gasteiger partial charge in [0.25, 0.3) is 0 Å². The van der Waals surface area contributed by atoms with Gasteiger partial charge in [0, 0.05) is 25.7 Å². The zero-order valence-electron chi connectivity index (χ0n) is 11.0. The molecule has 2 rings (SSSR count). The van der Waals surface area contributed by atoms with Crippen molar-refractivity contribution in [2.45, 2.75) is 45.1 Å². The molecule has 0 spiro atoms. The summed E-state index contributed by atoms with van der Waals surface area (Å²) >= 11 is 0. The number of nitrogens with zero attached hydrogens (tertiary/aromatic N) is 3. The molecule has 0 aliphatic heterocycles. The molecule has 0 amide bonds. The van der Waals surface area contributed by atoms with Gasteiger partial charge in [-0.3, -0.25) is 0 Å². The van der Waals surface area contributed by atoms with Crippen LogP contribution < -0.4 is 10.2 Å². The Morgan fingerprint density at radius 2 is 2.06 bits per heavy atom. The fraction of sp³-hybridized carbons (Fsp3) is 0.692. The highest BCUT2D eigenvalue weighted by Crippen LogP contribution is 2.29. The van der Waals surface area contributed by atoms with Gasteiger partial charge in [-0.1, -0.05) is 19.8 Å². The van der Waals surface area contributed by atoms with Crippen LogP contribution in [0.4, 0.5) is 11.6 Å². The van der Waals surface area contributed by atoms with Crippen molar-refractivity contribution in [3.63, 3.8) is 0 Å². The number of hydrogen-bond acceptors (Lipinski definition) is 4. The van der Waals surface area contributed by atoms with Crippen molar-refractivity contribution in [1.29, 1.82) is 0 Å². The Morgan fingerprint density at radius 1 is 1.35 bits per heavy atom. The molecule has 17 heavy (non-hydrogen) atoms. The number of rotatable bonds is 4. The first-order valence-corrected chi connectivity index (χ1v) is 6.52. The molecule has 4 heteroatoms. The molecule has 94 valence electrons. The lowest BCUT2D eigenvalue weighted by Crippen LogP contribution is -2.30. The Kier molecular flexibility index (Phi) is 3.82. The highest BCUT2D eigenvalue weighted by atomic mass is 15.2. The molecule has 1 N–H and O–H groups in total. The van der Waals surface area contributed by atoms with Gasteiger partial charge in [-0.25, -0.2) is 9.97 Å². The SMILES string of the molecule is CCc1c(NC)ncnc1N(C)C1CCCC1. The van der Waals surface area contributed by atoms with Crippen LogP contribution in [0.3, 0.4) is 0 Å². The van der Waals surface area contributed by atoms with Crippen LogP contribution in [-0.4, -0.2) is 30.1 Å². The van der Waals surface area contributed by atoms with E-state index >= 15 is 0 Å². The van der Waals surface area contributed by atoms with E-state index in [0.29, 0.717) is 6.04 Å². The van der Waals surface area contributed by atoms with Gasteiger partial charge in [0.1, 0.15) is 18.0 Å². The standard InChI is InChI=1S/C13H22N4/c1-4-11-12(14-2)15-9-16-13(11)17(3)10-7-5-6-8-10/h9-10H,4-8H2,1-3H3,(H,14,15,16). The average molecular weight is 234 g/mol. The first-order valence-electron chi connectivity index (χ1n) is 6.52. The van der Waals surface area contributed by atoms with E-state index in [0.717, 1.165) is 18.1 Å². The monoisotopic (exact) mass is 234 g/mol. The number of anilines is 2. The van der Waals surface area contributed by atoms with Crippen LogP contribution in [0.15, 0.2) is 6.33 Å². The third-order valence-corrected chi connectivity index (χ3v) is 3.72. The molecule has 0 radical (unpaired) electrons. The summed E-state index contributed by atoms with van der Waals surface area (Å²) in [6.07, 6.45) is 7.90. The molecule has 1 aliphatic carbocycles. The molecule has 4 nitrogen and oxygen atoms in total. The van der Waals surface area contributed by atoms with E-state index in [1.54, 1.807) is 6.33 Å². The molecule has 1 fully saturated rings. The molecular formula is C13H22N4. The minimum absolute atomic E-state index is 0.653. The van der Waals surface area contributed by atoms with Crippen molar-refractivity contribution in [3.05, 3.63) is 11.9 Å². The van der Waals surface area contributed by atoms with E-state index in [1.165, 1.54) is 31.2 Å². The maximum Gasteiger partial charge on any atom is 0.137 e. The summed E-state index contributed by atoms with van der Waals surface area (Å²) in [4.78, 5) is 11.1. The molecule has 1 saturated carbocycles. The summed E-state index contributed by atoms with van der Waals surface area (Å²) < 4.78 is 0. The molecule has 1 aromatic heterocycles. The smallest absolute Gasteiger partial charge is 0.137 e. The van der Waals surface area contributed by atoms with Gasteiger partial charge in [0.15, 0.2) is 0 Å². The maximum atomic E-state index is 4.48. The van der Waals surface area contributed by atoms with E-state index in [1.807, 2.05) is 7.05 Å². The third-order valence-electron chi connectivity index (χ3n) is 3.72. The summed E-state index contributed by atoms with van der Waals surface area (Å²) in [5.74, 6) is 2.06. The van der Waals surface area contributed by atoms with Crippen LogP contribution in [0.1, 0.15) is 38.2 Å². The van der Waals surface area contributed by atoms with Crippen molar-refractivity contribution >= 4 is 11.6 Å². The van der Waals surface area contributed by atoms with Gasteiger partial charge in [0.2, 0.25) is 0 Å². The summed E-state index contributed by atoms with van der Waals surface area (Å²) in [5.41, 5.74) is 1.23. The zero-order chi connectivity index (χ0) is 12.3. The largest absolute Gasteiger partial charge is 0.373 e. The lowest BCUT2D eigenvalue weighted by atomic mass is 10.1. The average Bonchev–Trinajstić information content (AvgIpc) is 2.90. The second-order valence-corrected chi connectivity index (χ2v) is 4.68. The molecule has 1 aromatic rings. The lowest BCUT2D eigenvalue weighted by molar-refractivity contribution is 0.643. The minimum Gasteiger partial charge on any atom is -0.373 e. The van der Waals surface area contributed by atoms with Crippen LogP contribution in [-0.2, 0) is 6.42 Å². The molecular weight excluding hydrogens is 212 g/mol. The number of aromatic nitrogens is 2. The van der Waals surface area contributed by atoms with E-state index in [2.05, 4.69) is 34.2 Å². The fourth-order valence-corrected chi connectivity index (χ4v) is 2.71. The second kappa shape index (κ2) is 5.34. The van der Waals surface area contributed by atoms with E-state index in [-0.39, 0.29) is 0 Å². The molecule has 0 unspecified atom stereocenters. The number of nitrogens with one attached hydrogen (secondary N) is 1. The third kappa shape index (κ3) is 2.35. The van der Waals surface area contributed by atoms with Crippen molar-refractivity contribution in [2.75, 3.05) is 24.3 Å². The summed E-state index contributed by atoms with van der Waals surface area (Å²) in [7, 11) is 4.08. The van der Waals surface area contributed by atoms with Crippen molar-refractivity contribution in [2.24, 2.45) is 0 Å². The van der Waals surface area contributed by atoms with Crippen LogP contribution in [0.25, 0.3) is 0 Å². The van der Waals surface area contributed by atoms with Crippen LogP contribution in [0.5, 0.6) is 0 Å². The predicted molar refractivity (Wildman–Crippen MR) is 71.6 cm³/mol. The first-order chi connectivity index (χ1) is 8.27. The minimum atomic E-state index is 0.653. The molecule has 1 heterocycles. The Balaban J connectivity index is 2.29. The molecule has 0 bridgehead atoms. The highest BCUT2D eigenvalue weighted by molar-refractivity contribution is 5.58. The molecule has 0 saturated heterocycles. The normalized spacial score (nSPS) is 16.2. The summed E-state index contributed by atoms with van der Waals surface area (Å²) in [6, 6.07) is 0.653. The summed E-state index contributed by atoms with van der Waals surface area (Å²) in [6.45, 7) is 2.16. The van der Waals surface area contributed by atoms with Gasteiger partial charge in [-0.05, 0) is 19.3 Å². The molecule has 0 atom stereocenters. The Hall–Kier alpha value is -1.32. The van der Waals surface area contributed by atoms with Crippen LogP contribution >= 0.6 is 0 Å². The first kappa shape index (κ1) is 12.1. The van der Waals surface area contributed by atoms with Crippen LogP contribution in [0.2, 0.25) is 0 Å².